The second-order valence-corrected chi connectivity index (χ2v) is 6.79. The Morgan fingerprint density at radius 2 is 2.10 bits per heavy atom. The van der Waals surface area contributed by atoms with E-state index in [1.807, 2.05) is 12.1 Å². The molecule has 5 nitrogen and oxygen atoms in total. The molecule has 1 aromatic heterocycles. The van der Waals surface area contributed by atoms with Crippen LogP contribution < -0.4 is 10.1 Å². The van der Waals surface area contributed by atoms with E-state index in [1.54, 1.807) is 6.92 Å². The third-order valence-electron chi connectivity index (χ3n) is 2.76. The van der Waals surface area contributed by atoms with Gasteiger partial charge in [0, 0.05) is 29.0 Å². The molecule has 0 aliphatic heterocycles. The Bertz CT molecular complexity index is 605. The van der Waals surface area contributed by atoms with Crippen molar-refractivity contribution in [3.8, 4) is 5.75 Å². The van der Waals surface area contributed by atoms with Gasteiger partial charge in [0.1, 0.15) is 5.75 Å². The number of hydrogen-bond donors (Lipinski definition) is 1. The first-order valence-corrected chi connectivity index (χ1v) is 7.58. The minimum atomic E-state index is 0.0460. The fraction of sp³-hybridized carbons (Fsp3) is 0.467. The van der Waals surface area contributed by atoms with Gasteiger partial charge in [-0.05, 0) is 39.0 Å². The van der Waals surface area contributed by atoms with Crippen LogP contribution in [0.25, 0.3) is 0 Å². The molecule has 2 aromatic rings. The maximum absolute atomic E-state index is 5.81. The van der Waals surface area contributed by atoms with E-state index >= 15 is 0 Å². The van der Waals surface area contributed by atoms with E-state index in [4.69, 9.17) is 9.26 Å². The van der Waals surface area contributed by atoms with Gasteiger partial charge < -0.3 is 14.6 Å². The van der Waals surface area contributed by atoms with Crippen molar-refractivity contribution in [2.45, 2.75) is 46.4 Å². The summed E-state index contributed by atoms with van der Waals surface area (Å²) >= 11 is 3.49. The summed E-state index contributed by atoms with van der Waals surface area (Å²) in [5.41, 5.74) is 1.13. The maximum atomic E-state index is 5.81. The monoisotopic (exact) mass is 353 g/mol. The van der Waals surface area contributed by atoms with E-state index in [-0.39, 0.29) is 5.54 Å². The molecule has 0 saturated carbocycles. The molecule has 0 aliphatic rings. The lowest BCUT2D eigenvalue weighted by Gasteiger charge is -2.21. The van der Waals surface area contributed by atoms with Crippen LogP contribution in [0.4, 0.5) is 0 Å². The van der Waals surface area contributed by atoms with Crippen molar-refractivity contribution in [1.82, 2.24) is 15.5 Å². The lowest BCUT2D eigenvalue weighted by molar-refractivity contribution is 0.281. The molecule has 0 aliphatic carbocycles. The van der Waals surface area contributed by atoms with E-state index < -0.39 is 0 Å². The van der Waals surface area contributed by atoms with Crippen molar-refractivity contribution < 1.29 is 9.26 Å². The Balaban J connectivity index is 2.07. The summed E-state index contributed by atoms with van der Waals surface area (Å²) < 4.78 is 11.8. The first kappa shape index (κ1) is 16.0. The minimum absolute atomic E-state index is 0.0460. The van der Waals surface area contributed by atoms with E-state index in [1.165, 1.54) is 0 Å². The summed E-state index contributed by atoms with van der Waals surface area (Å²) in [6.07, 6.45) is 0. The third-order valence-corrected chi connectivity index (χ3v) is 3.25. The topological polar surface area (TPSA) is 60.2 Å². The highest BCUT2D eigenvalue weighted by atomic mass is 79.9. The van der Waals surface area contributed by atoms with E-state index in [0.29, 0.717) is 18.3 Å². The third kappa shape index (κ3) is 5.13. The van der Waals surface area contributed by atoms with Gasteiger partial charge in [-0.25, -0.2) is 0 Å². The fourth-order valence-corrected chi connectivity index (χ4v) is 2.14. The average Bonchev–Trinajstić information content (AvgIpc) is 2.80. The lowest BCUT2D eigenvalue weighted by Crippen LogP contribution is -2.35. The van der Waals surface area contributed by atoms with Gasteiger partial charge in [-0.2, -0.15) is 4.98 Å². The van der Waals surface area contributed by atoms with Crippen LogP contribution >= 0.6 is 15.9 Å². The highest BCUT2D eigenvalue weighted by molar-refractivity contribution is 9.10. The molecule has 0 bridgehead atoms. The number of nitrogens with zero attached hydrogens (tertiary/aromatic N) is 2. The van der Waals surface area contributed by atoms with Gasteiger partial charge in [0.25, 0.3) is 0 Å². The van der Waals surface area contributed by atoms with Gasteiger partial charge >= 0.3 is 0 Å². The second-order valence-electron chi connectivity index (χ2n) is 5.87. The first-order chi connectivity index (χ1) is 9.83. The molecular formula is C15H20BrN3O2. The van der Waals surface area contributed by atoms with Gasteiger partial charge in [0.15, 0.2) is 6.61 Å². The number of rotatable bonds is 5. The average molecular weight is 354 g/mol. The van der Waals surface area contributed by atoms with Crippen molar-refractivity contribution in [2.24, 2.45) is 0 Å². The zero-order valence-electron chi connectivity index (χ0n) is 12.7. The quantitative estimate of drug-likeness (QED) is 0.889. The molecule has 0 spiro atoms. The molecule has 1 N–H and O–H groups in total. The van der Waals surface area contributed by atoms with Crippen LogP contribution in [0.1, 0.15) is 38.0 Å². The van der Waals surface area contributed by atoms with Crippen molar-refractivity contribution in [3.63, 3.8) is 0 Å². The van der Waals surface area contributed by atoms with Crippen LogP contribution in [0, 0.1) is 6.92 Å². The molecule has 2 rings (SSSR count). The number of aryl methyl sites for hydroxylation is 1. The fourth-order valence-electron chi connectivity index (χ4n) is 1.73. The molecule has 1 heterocycles. The van der Waals surface area contributed by atoms with Crippen molar-refractivity contribution in [1.29, 1.82) is 0 Å². The Kier molecular flexibility index (Phi) is 5.00. The zero-order valence-corrected chi connectivity index (χ0v) is 14.3. The number of nitrogens with one attached hydrogen (secondary N) is 1. The predicted octanol–water partition coefficient (Wildman–Crippen LogP) is 3.61. The Morgan fingerprint density at radius 1 is 1.33 bits per heavy atom. The standard InChI is InChI=1S/C15H20BrN3O2/c1-10-18-14(19-21-10)9-20-13-6-5-12(16)7-11(13)8-17-15(2,3)4/h5-7,17H,8-9H2,1-4H3. The van der Waals surface area contributed by atoms with Crippen LogP contribution in [0.2, 0.25) is 0 Å². The molecule has 6 heteroatoms. The van der Waals surface area contributed by atoms with Crippen molar-refractivity contribution in [2.75, 3.05) is 0 Å². The zero-order chi connectivity index (χ0) is 15.5. The Labute approximate surface area is 133 Å². The SMILES string of the molecule is Cc1nc(COc2ccc(Br)cc2CNC(C)(C)C)no1. The molecule has 0 amide bonds. The van der Waals surface area contributed by atoms with Gasteiger partial charge in [-0.15, -0.1) is 0 Å². The Hall–Kier alpha value is -1.40. The Morgan fingerprint density at radius 3 is 2.71 bits per heavy atom. The molecule has 0 unspecified atom stereocenters. The summed E-state index contributed by atoms with van der Waals surface area (Å²) in [5.74, 6) is 1.90. The molecular weight excluding hydrogens is 334 g/mol. The van der Waals surface area contributed by atoms with Gasteiger partial charge in [-0.1, -0.05) is 21.1 Å². The van der Waals surface area contributed by atoms with Gasteiger partial charge in [0.05, 0.1) is 0 Å². The number of ether oxygens (including phenoxy) is 1. The number of halogens is 1. The smallest absolute Gasteiger partial charge is 0.223 e. The van der Waals surface area contributed by atoms with Crippen LogP contribution in [0.3, 0.4) is 0 Å². The van der Waals surface area contributed by atoms with E-state index in [2.05, 4.69) is 58.2 Å². The normalized spacial score (nSPS) is 11.7. The summed E-state index contributed by atoms with van der Waals surface area (Å²) in [6.45, 7) is 9.18. The largest absolute Gasteiger partial charge is 0.485 e. The lowest BCUT2D eigenvalue weighted by atomic mass is 10.1. The summed E-state index contributed by atoms with van der Waals surface area (Å²) in [4.78, 5) is 4.13. The van der Waals surface area contributed by atoms with E-state index in [9.17, 15) is 0 Å². The molecule has 0 atom stereocenters. The number of benzene rings is 1. The molecule has 0 saturated heterocycles. The highest BCUT2D eigenvalue weighted by Gasteiger charge is 2.12. The molecule has 21 heavy (non-hydrogen) atoms. The van der Waals surface area contributed by atoms with Gasteiger partial charge in [-0.3, -0.25) is 0 Å². The summed E-state index contributed by atoms with van der Waals surface area (Å²) in [5, 5.41) is 7.28. The van der Waals surface area contributed by atoms with E-state index in [0.717, 1.165) is 22.3 Å². The minimum Gasteiger partial charge on any atom is -0.485 e. The molecule has 0 radical (unpaired) electrons. The summed E-state index contributed by atoms with van der Waals surface area (Å²) in [7, 11) is 0. The molecule has 114 valence electrons. The van der Waals surface area contributed by atoms with Crippen LogP contribution in [-0.2, 0) is 13.2 Å². The number of aromatic nitrogens is 2. The van der Waals surface area contributed by atoms with Crippen molar-refractivity contribution >= 4 is 15.9 Å². The number of hydrogen-bond acceptors (Lipinski definition) is 5. The maximum Gasteiger partial charge on any atom is 0.223 e. The second kappa shape index (κ2) is 6.58. The van der Waals surface area contributed by atoms with Gasteiger partial charge in [0.2, 0.25) is 11.7 Å². The highest BCUT2D eigenvalue weighted by Crippen LogP contribution is 2.24. The predicted molar refractivity (Wildman–Crippen MR) is 84.1 cm³/mol. The molecule has 1 aromatic carbocycles. The molecule has 0 fully saturated rings. The van der Waals surface area contributed by atoms with Crippen LogP contribution in [0.5, 0.6) is 5.75 Å². The summed E-state index contributed by atoms with van der Waals surface area (Å²) in [6, 6.07) is 5.95. The van der Waals surface area contributed by atoms with Crippen molar-refractivity contribution in [3.05, 3.63) is 40.0 Å². The van der Waals surface area contributed by atoms with Crippen LogP contribution in [-0.4, -0.2) is 15.7 Å². The first-order valence-electron chi connectivity index (χ1n) is 6.79. The van der Waals surface area contributed by atoms with Crippen LogP contribution in [0.15, 0.2) is 27.2 Å².